The molecular weight excluding hydrogens is 659 g/mol. The van der Waals surface area contributed by atoms with Gasteiger partial charge in [-0.25, -0.2) is 4.98 Å². The normalized spacial score (nSPS) is 11.8. The van der Waals surface area contributed by atoms with Crippen molar-refractivity contribution >= 4 is 74.6 Å². The van der Waals surface area contributed by atoms with Crippen molar-refractivity contribution in [3.8, 4) is 44.8 Å². The van der Waals surface area contributed by atoms with E-state index in [2.05, 4.69) is 188 Å². The van der Waals surface area contributed by atoms with Crippen molar-refractivity contribution in [2.45, 2.75) is 0 Å². The van der Waals surface area contributed by atoms with E-state index in [1.165, 1.54) is 80.0 Å². The van der Waals surface area contributed by atoms with Crippen LogP contribution in [0.1, 0.15) is 0 Å². The highest BCUT2D eigenvalue weighted by atomic mass is 32.1. The molecule has 0 atom stereocenters. The maximum Gasteiger partial charge on any atom is 0.0715 e. The van der Waals surface area contributed by atoms with E-state index >= 15 is 0 Å². The molecule has 0 aliphatic carbocycles. The van der Waals surface area contributed by atoms with Crippen LogP contribution in [0.5, 0.6) is 0 Å². The number of benzene rings is 9. The molecule has 0 radical (unpaired) electrons. The summed E-state index contributed by atoms with van der Waals surface area (Å²) in [6, 6.07) is 68.4. The van der Waals surface area contributed by atoms with E-state index in [4.69, 9.17) is 4.98 Å². The molecule has 0 N–H and O–H groups in total. The van der Waals surface area contributed by atoms with Crippen LogP contribution < -0.4 is 0 Å². The molecule has 53 heavy (non-hydrogen) atoms. The van der Waals surface area contributed by atoms with Crippen LogP contribution >= 0.6 is 11.3 Å². The highest BCUT2D eigenvalue weighted by molar-refractivity contribution is 7.26. The fourth-order valence-electron chi connectivity index (χ4n) is 8.35. The number of nitrogens with zero attached hydrogens (tertiary/aromatic N) is 1. The van der Waals surface area contributed by atoms with Crippen molar-refractivity contribution in [1.29, 1.82) is 0 Å². The molecule has 246 valence electrons. The third-order valence-corrected chi connectivity index (χ3v) is 11.9. The van der Waals surface area contributed by atoms with Gasteiger partial charge >= 0.3 is 0 Å². The van der Waals surface area contributed by atoms with E-state index in [1.54, 1.807) is 0 Å². The van der Waals surface area contributed by atoms with Gasteiger partial charge in [0.25, 0.3) is 0 Å². The lowest BCUT2D eigenvalue weighted by Gasteiger charge is -2.13. The van der Waals surface area contributed by atoms with Crippen molar-refractivity contribution in [3.63, 3.8) is 0 Å². The second-order valence-electron chi connectivity index (χ2n) is 13.9. The predicted octanol–water partition coefficient (Wildman–Crippen LogP) is 14.7. The van der Waals surface area contributed by atoms with Gasteiger partial charge in [-0.1, -0.05) is 152 Å². The first kappa shape index (κ1) is 30.1. The minimum absolute atomic E-state index is 0.964. The molecule has 9 aromatic carbocycles. The molecule has 2 aromatic heterocycles. The predicted molar refractivity (Wildman–Crippen MR) is 229 cm³/mol. The Kier molecular flexibility index (Phi) is 6.80. The number of thiophene rings is 1. The fourth-order valence-corrected chi connectivity index (χ4v) is 9.48. The van der Waals surface area contributed by atoms with E-state index in [-0.39, 0.29) is 0 Å². The average molecular weight is 690 g/mol. The molecular formula is C51H31NS. The van der Waals surface area contributed by atoms with Crippen molar-refractivity contribution in [2.24, 2.45) is 0 Å². The Balaban J connectivity index is 1.09. The third kappa shape index (κ3) is 4.88. The Morgan fingerprint density at radius 1 is 0.283 bits per heavy atom. The Labute approximate surface area is 311 Å². The first-order chi connectivity index (χ1) is 26.3. The fraction of sp³-hybridized carbons (Fsp3) is 0. The number of hydrogen-bond donors (Lipinski definition) is 0. The summed E-state index contributed by atoms with van der Waals surface area (Å²) in [5.41, 5.74) is 8.86. The van der Waals surface area contributed by atoms with Crippen molar-refractivity contribution < 1.29 is 0 Å². The van der Waals surface area contributed by atoms with Gasteiger partial charge in [-0.05, 0) is 102 Å². The summed E-state index contributed by atoms with van der Waals surface area (Å²) in [5, 5.41) is 13.2. The zero-order chi connectivity index (χ0) is 34.9. The molecule has 0 aliphatic heterocycles. The molecule has 1 nitrogen and oxygen atoms in total. The van der Waals surface area contributed by atoms with Crippen LogP contribution in [0.15, 0.2) is 188 Å². The molecule has 0 fully saturated rings. The van der Waals surface area contributed by atoms with E-state index in [0.717, 1.165) is 28.1 Å². The van der Waals surface area contributed by atoms with Gasteiger partial charge in [-0.2, -0.15) is 0 Å². The zero-order valence-electron chi connectivity index (χ0n) is 28.8. The van der Waals surface area contributed by atoms with Gasteiger partial charge in [0.2, 0.25) is 0 Å². The molecule has 2 heteroatoms. The summed E-state index contributed by atoms with van der Waals surface area (Å²) in [4.78, 5) is 5.21. The minimum atomic E-state index is 0.964. The van der Waals surface area contributed by atoms with Gasteiger partial charge in [0, 0.05) is 31.3 Å². The summed E-state index contributed by atoms with van der Waals surface area (Å²) >= 11 is 1.90. The van der Waals surface area contributed by atoms with Gasteiger partial charge < -0.3 is 0 Å². The zero-order valence-corrected chi connectivity index (χ0v) is 29.6. The first-order valence-corrected chi connectivity index (χ1v) is 18.9. The smallest absolute Gasteiger partial charge is 0.0715 e. The maximum absolute atomic E-state index is 5.21. The van der Waals surface area contributed by atoms with Crippen molar-refractivity contribution in [1.82, 2.24) is 4.98 Å². The van der Waals surface area contributed by atoms with E-state index in [0.29, 0.717) is 0 Å². The first-order valence-electron chi connectivity index (χ1n) is 18.1. The quantitative estimate of drug-likeness (QED) is 0.168. The van der Waals surface area contributed by atoms with Crippen LogP contribution in [-0.2, 0) is 0 Å². The highest BCUT2D eigenvalue weighted by Gasteiger charge is 2.17. The second kappa shape index (κ2) is 12.0. The molecule has 0 saturated carbocycles. The molecule has 0 spiro atoms. The van der Waals surface area contributed by atoms with Crippen LogP contribution in [0.25, 0.3) is 108 Å². The van der Waals surface area contributed by atoms with Gasteiger partial charge in [0.05, 0.1) is 11.4 Å². The molecule has 0 amide bonds. The monoisotopic (exact) mass is 689 g/mol. The van der Waals surface area contributed by atoms with Crippen molar-refractivity contribution in [2.75, 3.05) is 0 Å². The SMILES string of the molecule is c1ccc(-c2cc(-c3ccccc3)nc(-c3cccc(-c4ccc5c(ccc6sc7ccc8c9ccccc9c9ccccc9c8c7c65)c4)c3)c2)cc1. The number of fused-ring (bicyclic) bond motifs is 12. The Morgan fingerprint density at radius 3 is 1.57 bits per heavy atom. The van der Waals surface area contributed by atoms with Crippen LogP contribution in [0.4, 0.5) is 0 Å². The largest absolute Gasteiger partial charge is 0.248 e. The van der Waals surface area contributed by atoms with Crippen LogP contribution in [0.2, 0.25) is 0 Å². The summed E-state index contributed by atoms with van der Waals surface area (Å²) < 4.78 is 2.66. The van der Waals surface area contributed by atoms with E-state index in [9.17, 15) is 0 Å². The number of hydrogen-bond acceptors (Lipinski definition) is 2. The molecule has 0 aliphatic rings. The van der Waals surface area contributed by atoms with Gasteiger partial charge in [-0.15, -0.1) is 11.3 Å². The Bertz CT molecular complexity index is 3120. The lowest BCUT2D eigenvalue weighted by molar-refractivity contribution is 1.32. The average Bonchev–Trinajstić information content (AvgIpc) is 3.63. The summed E-state index contributed by atoms with van der Waals surface area (Å²) in [7, 11) is 0. The van der Waals surface area contributed by atoms with Gasteiger partial charge in [-0.3, -0.25) is 0 Å². The second-order valence-corrected chi connectivity index (χ2v) is 15.0. The minimum Gasteiger partial charge on any atom is -0.248 e. The standard InChI is InChI=1S/C51H31NS/c1-3-12-32(13-4-1)38-30-45(33-14-5-2-6-15-33)52-46(31-38)37-17-11-16-34(29-37)35-22-24-39-36(28-35)23-26-47-50(39)51-48(53-47)27-25-44-42-20-8-7-18-40(42)41-19-9-10-21-43(41)49(44)51/h1-31H. The Morgan fingerprint density at radius 2 is 0.811 bits per heavy atom. The Hall–Kier alpha value is -6.61. The van der Waals surface area contributed by atoms with Crippen LogP contribution in [0.3, 0.4) is 0 Å². The van der Waals surface area contributed by atoms with Gasteiger partial charge in [0.1, 0.15) is 0 Å². The maximum atomic E-state index is 5.21. The molecule has 0 saturated heterocycles. The highest BCUT2D eigenvalue weighted by Crippen LogP contribution is 2.46. The lowest BCUT2D eigenvalue weighted by atomic mass is 9.91. The van der Waals surface area contributed by atoms with Crippen molar-refractivity contribution in [3.05, 3.63) is 188 Å². The summed E-state index contributed by atoms with van der Waals surface area (Å²) in [6.45, 7) is 0. The van der Waals surface area contributed by atoms with E-state index in [1.807, 2.05) is 11.3 Å². The number of rotatable bonds is 4. The molecule has 11 rings (SSSR count). The van der Waals surface area contributed by atoms with E-state index < -0.39 is 0 Å². The molecule has 0 unspecified atom stereocenters. The number of aromatic nitrogens is 1. The van der Waals surface area contributed by atoms with Gasteiger partial charge in [0.15, 0.2) is 0 Å². The molecule has 11 aromatic rings. The number of pyridine rings is 1. The molecule has 0 bridgehead atoms. The molecule has 2 heterocycles. The topological polar surface area (TPSA) is 12.9 Å². The lowest BCUT2D eigenvalue weighted by Crippen LogP contribution is -1.91. The van der Waals surface area contributed by atoms with Crippen LogP contribution in [-0.4, -0.2) is 4.98 Å². The van der Waals surface area contributed by atoms with Crippen LogP contribution in [0, 0.1) is 0 Å². The third-order valence-electron chi connectivity index (χ3n) is 10.8. The summed E-state index contributed by atoms with van der Waals surface area (Å²) in [5.74, 6) is 0. The summed E-state index contributed by atoms with van der Waals surface area (Å²) in [6.07, 6.45) is 0.